The minimum absolute atomic E-state index is 0.0358. The second-order valence-electron chi connectivity index (χ2n) is 3.04. The first kappa shape index (κ1) is 10.0. The molecule has 1 fully saturated rings. The Hall–Kier alpha value is -0.0600. The van der Waals surface area contributed by atoms with E-state index in [1.807, 2.05) is 4.08 Å². The number of hydrogen-bond acceptors (Lipinski definition) is 2. The number of esters is 1. The molecule has 0 aliphatic carbocycles. The average molecular weight is 280 g/mol. The summed E-state index contributed by atoms with van der Waals surface area (Å²) in [5, 5.41) is 0. The van der Waals surface area contributed by atoms with Crippen molar-refractivity contribution >= 4 is 28.6 Å². The van der Waals surface area contributed by atoms with Gasteiger partial charge in [-0.15, -0.1) is 0 Å². The van der Waals surface area contributed by atoms with E-state index in [4.69, 9.17) is 4.74 Å². The third-order valence-corrected chi connectivity index (χ3v) is 2.74. The Balaban J connectivity index is 2.41. The predicted octanol–water partition coefficient (Wildman–Crippen LogP) is 3.02. The Morgan fingerprint density at radius 1 is 1.75 bits per heavy atom. The van der Waals surface area contributed by atoms with Crippen LogP contribution in [-0.4, -0.2) is 5.97 Å². The molecule has 0 saturated carbocycles. The number of unbranched alkanes of at least 4 members (excludes halogenated alkanes) is 1. The largest absolute Gasteiger partial charge is 0.430 e. The van der Waals surface area contributed by atoms with Gasteiger partial charge in [-0.25, -0.2) is 0 Å². The minimum Gasteiger partial charge on any atom is -0.430 e. The Morgan fingerprint density at radius 3 is 3.00 bits per heavy atom. The van der Waals surface area contributed by atoms with Crippen molar-refractivity contribution < 1.29 is 9.53 Å². The molecule has 0 spiro atoms. The monoisotopic (exact) mass is 280 g/mol. The first-order valence-electron chi connectivity index (χ1n) is 4.29. The number of rotatable bonds is 3. The summed E-state index contributed by atoms with van der Waals surface area (Å²) >= 11 is 2.11. The van der Waals surface area contributed by atoms with Crippen molar-refractivity contribution in [3.8, 4) is 0 Å². The topological polar surface area (TPSA) is 26.3 Å². The molecule has 12 heavy (non-hydrogen) atoms. The highest BCUT2D eigenvalue weighted by Gasteiger charge is 2.29. The van der Waals surface area contributed by atoms with Gasteiger partial charge in [0.2, 0.25) is 0 Å². The van der Waals surface area contributed by atoms with Crippen LogP contribution in [0.4, 0.5) is 0 Å². The Bertz CT molecular complexity index is 199. The van der Waals surface area contributed by atoms with Crippen LogP contribution in [0.2, 0.25) is 0 Å². The van der Waals surface area contributed by atoms with Crippen molar-refractivity contribution in [2.75, 3.05) is 0 Å². The molecule has 0 aromatic rings. The fourth-order valence-corrected chi connectivity index (χ4v) is 1.70. The van der Waals surface area contributed by atoms with Crippen molar-refractivity contribution in [3.05, 3.63) is 9.84 Å². The van der Waals surface area contributed by atoms with Crippen molar-refractivity contribution in [1.82, 2.24) is 0 Å². The molecule has 0 radical (unpaired) electrons. The summed E-state index contributed by atoms with van der Waals surface area (Å²) in [6, 6.07) is 0. The average Bonchev–Trinajstić information content (AvgIpc) is 2.43. The van der Waals surface area contributed by atoms with E-state index in [0.29, 0.717) is 0 Å². The molecule has 0 N–H and O–H groups in total. The van der Waals surface area contributed by atoms with Crippen LogP contribution >= 0.6 is 22.6 Å². The van der Waals surface area contributed by atoms with Crippen LogP contribution in [0.3, 0.4) is 0 Å². The van der Waals surface area contributed by atoms with Gasteiger partial charge in [0, 0.05) is 10.5 Å². The van der Waals surface area contributed by atoms with Gasteiger partial charge in [-0.05, 0) is 29.0 Å². The van der Waals surface area contributed by atoms with E-state index in [0.717, 1.165) is 31.4 Å². The molecule has 1 rings (SSSR count). The summed E-state index contributed by atoms with van der Waals surface area (Å²) < 4.78 is 6.88. The van der Waals surface area contributed by atoms with Gasteiger partial charge >= 0.3 is 5.97 Å². The second kappa shape index (κ2) is 4.84. The Kier molecular flexibility index (Phi) is 4.05. The highest BCUT2D eigenvalue weighted by molar-refractivity contribution is 14.1. The summed E-state index contributed by atoms with van der Waals surface area (Å²) in [5.74, 6) is 0.930. The van der Waals surface area contributed by atoms with Gasteiger partial charge < -0.3 is 4.74 Å². The SMILES string of the molecule is CCCCC1C/C(=C\I)OC1=O. The quantitative estimate of drug-likeness (QED) is 0.586. The van der Waals surface area contributed by atoms with E-state index in [1.54, 1.807) is 0 Å². The summed E-state index contributed by atoms with van der Waals surface area (Å²) in [6.45, 7) is 2.13. The molecule has 1 unspecified atom stereocenters. The number of carbonyl (C=O) groups excluding carboxylic acids is 1. The molecule has 68 valence electrons. The normalized spacial score (nSPS) is 26.3. The van der Waals surface area contributed by atoms with Crippen LogP contribution in [-0.2, 0) is 9.53 Å². The molecule has 0 bridgehead atoms. The lowest BCUT2D eigenvalue weighted by molar-refractivity contribution is -0.139. The zero-order valence-electron chi connectivity index (χ0n) is 7.18. The standard InChI is InChI=1S/C9H13IO2/c1-2-3-4-7-5-8(6-10)12-9(7)11/h6-7H,2-5H2,1H3/b8-6+. The van der Waals surface area contributed by atoms with E-state index >= 15 is 0 Å². The molecule has 0 amide bonds. The van der Waals surface area contributed by atoms with Gasteiger partial charge in [0.05, 0.1) is 5.92 Å². The third-order valence-electron chi connectivity index (χ3n) is 2.04. The molecule has 1 saturated heterocycles. The Morgan fingerprint density at radius 2 is 2.50 bits per heavy atom. The molecular formula is C9H13IO2. The van der Waals surface area contributed by atoms with Gasteiger partial charge in [0.25, 0.3) is 0 Å². The summed E-state index contributed by atoms with van der Waals surface area (Å²) in [7, 11) is 0. The molecule has 0 aromatic carbocycles. The van der Waals surface area contributed by atoms with E-state index < -0.39 is 0 Å². The predicted molar refractivity (Wildman–Crippen MR) is 55.8 cm³/mol. The van der Waals surface area contributed by atoms with E-state index in [-0.39, 0.29) is 11.9 Å². The smallest absolute Gasteiger partial charge is 0.314 e. The summed E-state index contributed by atoms with van der Waals surface area (Å²) in [6.07, 6.45) is 4.05. The molecule has 1 heterocycles. The molecule has 0 aromatic heterocycles. The number of hydrogen-bond donors (Lipinski definition) is 0. The molecule has 2 nitrogen and oxygen atoms in total. The van der Waals surface area contributed by atoms with Crippen LogP contribution in [0.1, 0.15) is 32.6 Å². The van der Waals surface area contributed by atoms with Gasteiger partial charge in [0.15, 0.2) is 0 Å². The van der Waals surface area contributed by atoms with Crippen molar-refractivity contribution in [2.24, 2.45) is 5.92 Å². The van der Waals surface area contributed by atoms with Crippen molar-refractivity contribution in [1.29, 1.82) is 0 Å². The fraction of sp³-hybridized carbons (Fsp3) is 0.667. The molecule has 1 atom stereocenters. The fourth-order valence-electron chi connectivity index (χ4n) is 1.32. The molecular weight excluding hydrogens is 267 g/mol. The lowest BCUT2D eigenvalue weighted by Gasteiger charge is -2.00. The zero-order valence-corrected chi connectivity index (χ0v) is 9.34. The third kappa shape index (κ3) is 2.47. The second-order valence-corrected chi connectivity index (χ2v) is 3.66. The first-order chi connectivity index (χ1) is 5.77. The summed E-state index contributed by atoms with van der Waals surface area (Å²) in [4.78, 5) is 11.2. The molecule has 1 aliphatic rings. The van der Waals surface area contributed by atoms with Gasteiger partial charge in [-0.1, -0.05) is 19.8 Å². The molecule has 1 aliphatic heterocycles. The highest BCUT2D eigenvalue weighted by Crippen LogP contribution is 2.28. The number of carbonyl (C=O) groups is 1. The lowest BCUT2D eigenvalue weighted by atomic mass is 10.0. The van der Waals surface area contributed by atoms with Gasteiger partial charge in [0.1, 0.15) is 5.76 Å². The number of allylic oxidation sites excluding steroid dienone is 1. The zero-order chi connectivity index (χ0) is 8.97. The first-order valence-corrected chi connectivity index (χ1v) is 5.53. The van der Waals surface area contributed by atoms with E-state index in [9.17, 15) is 4.79 Å². The maximum absolute atomic E-state index is 11.2. The lowest BCUT2D eigenvalue weighted by Crippen LogP contribution is -2.06. The van der Waals surface area contributed by atoms with Crippen LogP contribution in [0.5, 0.6) is 0 Å². The van der Waals surface area contributed by atoms with Crippen molar-refractivity contribution in [3.63, 3.8) is 0 Å². The van der Waals surface area contributed by atoms with Crippen LogP contribution in [0.15, 0.2) is 9.84 Å². The van der Waals surface area contributed by atoms with E-state index in [2.05, 4.69) is 29.5 Å². The van der Waals surface area contributed by atoms with E-state index in [1.165, 1.54) is 0 Å². The number of cyclic esters (lactones) is 1. The van der Waals surface area contributed by atoms with Gasteiger partial charge in [-0.2, -0.15) is 0 Å². The van der Waals surface area contributed by atoms with Crippen LogP contribution in [0.25, 0.3) is 0 Å². The Labute approximate surface area is 86.5 Å². The molecule has 3 heteroatoms. The number of ether oxygens (including phenoxy) is 1. The highest BCUT2D eigenvalue weighted by atomic mass is 127. The number of halogens is 1. The van der Waals surface area contributed by atoms with Crippen LogP contribution < -0.4 is 0 Å². The minimum atomic E-state index is -0.0358. The van der Waals surface area contributed by atoms with Gasteiger partial charge in [-0.3, -0.25) is 4.79 Å². The maximum atomic E-state index is 11.2. The van der Waals surface area contributed by atoms with Crippen LogP contribution in [0, 0.1) is 5.92 Å². The summed E-state index contributed by atoms with van der Waals surface area (Å²) in [5.41, 5.74) is 0. The maximum Gasteiger partial charge on any atom is 0.314 e. The van der Waals surface area contributed by atoms with Crippen molar-refractivity contribution in [2.45, 2.75) is 32.6 Å².